The van der Waals surface area contributed by atoms with Crippen molar-refractivity contribution in [2.24, 2.45) is 0 Å². The average Bonchev–Trinajstić information content (AvgIpc) is 2.36. The maximum atomic E-state index is 12.0. The number of carbonyl (C=O) groups excluding carboxylic acids is 1. The molecular formula is C12H14O4S. The van der Waals surface area contributed by atoms with Gasteiger partial charge in [-0.2, -0.15) is 0 Å². The van der Waals surface area contributed by atoms with E-state index in [1.165, 1.54) is 19.1 Å². The van der Waals surface area contributed by atoms with Crippen molar-refractivity contribution in [3.05, 3.63) is 36.4 Å². The van der Waals surface area contributed by atoms with Crippen LogP contribution in [0, 0.1) is 0 Å². The molecule has 0 saturated heterocycles. The fraction of sp³-hybridized carbons (Fsp3) is 0.250. The standard InChI is InChI=1S/C12H14O4S/c1-4-10-5-7-11(8-6-10)17(14,15)9(2)12(13)16-3/h4-9H,1H2,2-3H3. The molecule has 0 aliphatic carbocycles. The van der Waals surface area contributed by atoms with E-state index in [1.54, 1.807) is 18.2 Å². The largest absolute Gasteiger partial charge is 0.468 e. The number of esters is 1. The third-order valence-corrected chi connectivity index (χ3v) is 4.50. The van der Waals surface area contributed by atoms with E-state index in [9.17, 15) is 13.2 Å². The molecule has 0 saturated carbocycles. The number of rotatable bonds is 4. The van der Waals surface area contributed by atoms with Gasteiger partial charge in [-0.3, -0.25) is 4.79 Å². The van der Waals surface area contributed by atoms with E-state index in [4.69, 9.17) is 0 Å². The molecule has 5 heteroatoms. The molecule has 1 aromatic carbocycles. The van der Waals surface area contributed by atoms with Crippen LogP contribution in [0.4, 0.5) is 0 Å². The predicted molar refractivity (Wildman–Crippen MR) is 65.2 cm³/mol. The molecule has 0 heterocycles. The number of benzene rings is 1. The van der Waals surface area contributed by atoms with Crippen molar-refractivity contribution in [2.45, 2.75) is 17.1 Å². The summed E-state index contributed by atoms with van der Waals surface area (Å²) in [5.74, 6) is -0.766. The van der Waals surface area contributed by atoms with Crippen molar-refractivity contribution >= 4 is 21.9 Å². The van der Waals surface area contributed by atoms with Crippen molar-refractivity contribution in [2.75, 3.05) is 7.11 Å². The van der Waals surface area contributed by atoms with Crippen LogP contribution in [-0.4, -0.2) is 26.7 Å². The highest BCUT2D eigenvalue weighted by Crippen LogP contribution is 2.17. The number of methoxy groups -OCH3 is 1. The van der Waals surface area contributed by atoms with Crippen molar-refractivity contribution in [1.82, 2.24) is 0 Å². The van der Waals surface area contributed by atoms with Crippen molar-refractivity contribution in [3.63, 3.8) is 0 Å². The maximum absolute atomic E-state index is 12.0. The van der Waals surface area contributed by atoms with E-state index in [1.807, 2.05) is 0 Å². The van der Waals surface area contributed by atoms with E-state index < -0.39 is 21.1 Å². The van der Waals surface area contributed by atoms with E-state index >= 15 is 0 Å². The Hall–Kier alpha value is -1.62. The quantitative estimate of drug-likeness (QED) is 0.767. The average molecular weight is 254 g/mol. The lowest BCUT2D eigenvalue weighted by atomic mass is 10.2. The molecule has 0 aliphatic heterocycles. The predicted octanol–water partition coefficient (Wildman–Crippen LogP) is 1.66. The Morgan fingerprint density at radius 3 is 2.29 bits per heavy atom. The molecule has 0 aliphatic rings. The zero-order valence-corrected chi connectivity index (χ0v) is 10.5. The minimum absolute atomic E-state index is 0.0981. The summed E-state index contributed by atoms with van der Waals surface area (Å²) < 4.78 is 28.4. The van der Waals surface area contributed by atoms with Gasteiger partial charge >= 0.3 is 5.97 Å². The smallest absolute Gasteiger partial charge is 0.324 e. The van der Waals surface area contributed by atoms with Crippen molar-refractivity contribution < 1.29 is 17.9 Å². The van der Waals surface area contributed by atoms with Crippen LogP contribution >= 0.6 is 0 Å². The second kappa shape index (κ2) is 5.14. The molecule has 4 nitrogen and oxygen atoms in total. The zero-order chi connectivity index (χ0) is 13.1. The van der Waals surface area contributed by atoms with E-state index in [0.717, 1.165) is 12.7 Å². The molecule has 1 unspecified atom stereocenters. The number of ether oxygens (including phenoxy) is 1. The Kier molecular flexibility index (Phi) is 4.07. The lowest BCUT2D eigenvalue weighted by Crippen LogP contribution is -2.28. The number of hydrogen-bond donors (Lipinski definition) is 0. The summed E-state index contributed by atoms with van der Waals surface area (Å²) in [6.45, 7) is 4.88. The summed E-state index contributed by atoms with van der Waals surface area (Å²) in [4.78, 5) is 11.3. The molecule has 0 aromatic heterocycles. The molecule has 0 amide bonds. The van der Waals surface area contributed by atoms with Gasteiger partial charge < -0.3 is 4.74 Å². The van der Waals surface area contributed by atoms with Crippen molar-refractivity contribution in [3.8, 4) is 0 Å². The minimum Gasteiger partial charge on any atom is -0.468 e. The Bertz CT molecular complexity index is 514. The zero-order valence-electron chi connectivity index (χ0n) is 9.71. The second-order valence-corrected chi connectivity index (χ2v) is 5.75. The van der Waals surface area contributed by atoms with Gasteiger partial charge in [-0.05, 0) is 24.6 Å². The molecule has 0 fully saturated rings. The molecule has 1 aromatic rings. The number of hydrogen-bond acceptors (Lipinski definition) is 4. The normalized spacial score (nSPS) is 12.8. The third-order valence-electron chi connectivity index (χ3n) is 2.44. The molecule has 0 spiro atoms. The van der Waals surface area contributed by atoms with Crippen LogP contribution in [0.3, 0.4) is 0 Å². The fourth-order valence-corrected chi connectivity index (χ4v) is 2.56. The van der Waals surface area contributed by atoms with Gasteiger partial charge in [-0.1, -0.05) is 24.8 Å². The topological polar surface area (TPSA) is 60.4 Å². The van der Waals surface area contributed by atoms with Gasteiger partial charge in [0.2, 0.25) is 0 Å². The van der Waals surface area contributed by atoms with Gasteiger partial charge in [-0.15, -0.1) is 0 Å². The first-order valence-electron chi connectivity index (χ1n) is 4.97. The van der Waals surface area contributed by atoms with Crippen LogP contribution in [0.2, 0.25) is 0 Å². The Labute approximate surface area is 101 Å². The molecule has 1 atom stereocenters. The monoisotopic (exact) mass is 254 g/mol. The first kappa shape index (κ1) is 13.4. The van der Waals surface area contributed by atoms with Crippen LogP contribution < -0.4 is 0 Å². The third kappa shape index (κ3) is 2.74. The Morgan fingerprint density at radius 1 is 1.35 bits per heavy atom. The molecule has 0 N–H and O–H groups in total. The molecule has 0 radical (unpaired) electrons. The summed E-state index contributed by atoms with van der Waals surface area (Å²) in [7, 11) is -2.52. The summed E-state index contributed by atoms with van der Waals surface area (Å²) in [6.07, 6.45) is 1.61. The summed E-state index contributed by atoms with van der Waals surface area (Å²) >= 11 is 0. The lowest BCUT2D eigenvalue weighted by Gasteiger charge is -2.10. The summed E-state index contributed by atoms with van der Waals surface area (Å²) in [5.41, 5.74) is 0.815. The van der Waals surface area contributed by atoms with E-state index in [-0.39, 0.29) is 4.90 Å². The second-order valence-electron chi connectivity index (χ2n) is 3.48. The minimum atomic E-state index is -3.68. The maximum Gasteiger partial charge on any atom is 0.324 e. The van der Waals surface area contributed by atoms with Gasteiger partial charge in [0.25, 0.3) is 0 Å². The van der Waals surface area contributed by atoms with E-state index in [2.05, 4.69) is 11.3 Å². The van der Waals surface area contributed by atoms with Gasteiger partial charge in [0.15, 0.2) is 15.1 Å². The van der Waals surface area contributed by atoms with Crippen LogP contribution in [0.1, 0.15) is 12.5 Å². The van der Waals surface area contributed by atoms with Gasteiger partial charge in [-0.25, -0.2) is 8.42 Å². The fourth-order valence-electron chi connectivity index (χ4n) is 1.29. The molecule has 17 heavy (non-hydrogen) atoms. The number of sulfone groups is 1. The van der Waals surface area contributed by atoms with E-state index in [0.29, 0.717) is 0 Å². The SMILES string of the molecule is C=Cc1ccc(S(=O)(=O)C(C)C(=O)OC)cc1. The van der Waals surface area contributed by atoms with Gasteiger partial charge in [0.1, 0.15) is 0 Å². The Morgan fingerprint density at radius 2 is 1.88 bits per heavy atom. The van der Waals surface area contributed by atoms with Crippen LogP contribution in [0.25, 0.3) is 6.08 Å². The van der Waals surface area contributed by atoms with Crippen LogP contribution in [-0.2, 0) is 19.4 Å². The highest BCUT2D eigenvalue weighted by Gasteiger charge is 2.30. The van der Waals surface area contributed by atoms with Crippen molar-refractivity contribution in [1.29, 1.82) is 0 Å². The highest BCUT2D eigenvalue weighted by atomic mass is 32.2. The molecule has 1 rings (SSSR count). The first-order chi connectivity index (χ1) is 7.93. The molecule has 92 valence electrons. The number of carbonyl (C=O) groups is 1. The van der Waals surface area contributed by atoms with Gasteiger partial charge in [0, 0.05) is 0 Å². The Balaban J connectivity index is 3.12. The summed E-state index contributed by atoms with van der Waals surface area (Å²) in [6, 6.07) is 6.16. The first-order valence-corrected chi connectivity index (χ1v) is 6.52. The molecule has 0 bridgehead atoms. The summed E-state index contributed by atoms with van der Waals surface area (Å²) in [5, 5.41) is -1.21. The highest BCUT2D eigenvalue weighted by molar-refractivity contribution is 7.92. The van der Waals surface area contributed by atoms with Crippen LogP contribution in [0.5, 0.6) is 0 Å². The van der Waals surface area contributed by atoms with Crippen LogP contribution in [0.15, 0.2) is 35.7 Å². The van der Waals surface area contributed by atoms with Gasteiger partial charge in [0.05, 0.1) is 12.0 Å². The lowest BCUT2D eigenvalue weighted by molar-refractivity contribution is -0.139. The molecular weight excluding hydrogens is 240 g/mol.